The van der Waals surface area contributed by atoms with Gasteiger partial charge in [-0.25, -0.2) is 0 Å². The second kappa shape index (κ2) is 8.20. The summed E-state index contributed by atoms with van der Waals surface area (Å²) in [6, 6.07) is 6.04. The summed E-state index contributed by atoms with van der Waals surface area (Å²) < 4.78 is 66.0. The molecule has 0 aliphatic heterocycles. The molecule has 0 amide bonds. The average molecular weight is 746 g/mol. The highest BCUT2D eigenvalue weighted by molar-refractivity contribution is 14.1. The van der Waals surface area contributed by atoms with Crippen LogP contribution in [0.4, 0.5) is 0 Å². The van der Waals surface area contributed by atoms with Gasteiger partial charge in [0.2, 0.25) is 0 Å². The van der Waals surface area contributed by atoms with E-state index in [-0.39, 0.29) is 15.5 Å². The number of fused-ring (bicyclic) bond motifs is 1. The van der Waals surface area contributed by atoms with E-state index in [9.17, 15) is 21.4 Å². The van der Waals surface area contributed by atoms with E-state index in [0.717, 1.165) is 16.4 Å². The van der Waals surface area contributed by atoms with Crippen molar-refractivity contribution in [3.63, 3.8) is 0 Å². The molecule has 0 spiro atoms. The molecular weight excluding hydrogens is 733 g/mol. The molecule has 2 aromatic carbocycles. The van der Waals surface area contributed by atoms with Crippen LogP contribution >= 0.6 is 67.8 Å². The summed E-state index contributed by atoms with van der Waals surface area (Å²) in [6.45, 7) is 0. The number of hydrogen-bond acceptors (Lipinski definition) is 5. The lowest BCUT2D eigenvalue weighted by molar-refractivity contribution is 0.474. The van der Waals surface area contributed by atoms with Gasteiger partial charge in [-0.3, -0.25) is 4.55 Å². The maximum absolute atomic E-state index is 13.0. The predicted molar refractivity (Wildman–Crippen MR) is 125 cm³/mol. The fraction of sp³-hybridized carbons (Fsp3) is 0.250. The van der Waals surface area contributed by atoms with Gasteiger partial charge in [-0.2, -0.15) is 16.8 Å². The molecule has 0 saturated heterocycles. The van der Waals surface area contributed by atoms with E-state index in [1.807, 2.05) is 51.2 Å². The Bertz CT molecular complexity index is 1130. The molecule has 6 nitrogen and oxygen atoms in total. The Balaban J connectivity index is 2.13. The minimum atomic E-state index is -4.38. The van der Waals surface area contributed by atoms with Crippen LogP contribution in [0.3, 0.4) is 0 Å². The van der Waals surface area contributed by atoms with Crippen LogP contribution in [0, 0.1) is 10.7 Å². The summed E-state index contributed by atoms with van der Waals surface area (Å²) in [5.41, 5.74) is 0.957. The molecule has 0 heterocycles. The highest BCUT2D eigenvalue weighted by Gasteiger charge is 2.29. The highest BCUT2D eigenvalue weighted by Crippen LogP contribution is 2.37. The second-order valence-corrected chi connectivity index (χ2v) is 12.2. The first-order valence-electron chi connectivity index (χ1n) is 7.72. The summed E-state index contributed by atoms with van der Waals surface area (Å²) >= 11 is 5.98. The third-order valence-electron chi connectivity index (χ3n) is 4.18. The number of hydrogen-bond donors (Lipinski definition) is 1. The predicted octanol–water partition coefficient (Wildman–Crippen LogP) is 4.39. The normalized spacial score (nSPS) is 14.7. The molecule has 1 aliphatic carbocycles. The van der Waals surface area contributed by atoms with Gasteiger partial charge in [-0.1, -0.05) is 0 Å². The van der Waals surface area contributed by atoms with Crippen molar-refractivity contribution in [2.75, 3.05) is 0 Å². The van der Waals surface area contributed by atoms with Crippen LogP contribution in [0.1, 0.15) is 24.0 Å². The van der Waals surface area contributed by atoms with E-state index in [1.165, 1.54) is 12.1 Å². The summed E-state index contributed by atoms with van der Waals surface area (Å²) in [4.78, 5) is -0.0839. The first kappa shape index (κ1) is 22.0. The van der Waals surface area contributed by atoms with Crippen molar-refractivity contribution in [1.29, 1.82) is 0 Å². The maximum atomic E-state index is 13.0. The molecule has 27 heavy (non-hydrogen) atoms. The molecule has 0 fully saturated rings. The van der Waals surface area contributed by atoms with Crippen LogP contribution in [-0.4, -0.2) is 21.4 Å². The van der Waals surface area contributed by atoms with Gasteiger partial charge in [0.1, 0.15) is 10.6 Å². The molecule has 0 atom stereocenters. The van der Waals surface area contributed by atoms with E-state index in [4.69, 9.17) is 4.18 Å². The minimum absolute atomic E-state index is 0.0963. The van der Waals surface area contributed by atoms with Crippen LogP contribution < -0.4 is 4.18 Å². The molecule has 146 valence electrons. The Morgan fingerprint density at radius 1 is 0.852 bits per heavy atom. The summed E-state index contributed by atoms with van der Waals surface area (Å²) in [7, 11) is -8.50. The van der Waals surface area contributed by atoms with Crippen LogP contribution in [-0.2, 0) is 33.1 Å². The number of halogens is 3. The van der Waals surface area contributed by atoms with Gasteiger partial charge < -0.3 is 4.18 Å². The van der Waals surface area contributed by atoms with Gasteiger partial charge in [0, 0.05) is 16.3 Å². The van der Waals surface area contributed by atoms with Gasteiger partial charge in [0.25, 0.3) is 10.1 Å². The zero-order chi connectivity index (χ0) is 20.0. The number of rotatable bonds is 4. The highest BCUT2D eigenvalue weighted by atomic mass is 127. The van der Waals surface area contributed by atoms with Gasteiger partial charge >= 0.3 is 10.1 Å². The molecule has 0 unspecified atom stereocenters. The zero-order valence-electron chi connectivity index (χ0n) is 13.6. The van der Waals surface area contributed by atoms with Crippen LogP contribution in [0.2, 0.25) is 0 Å². The topological polar surface area (TPSA) is 97.7 Å². The van der Waals surface area contributed by atoms with Gasteiger partial charge in [0.05, 0.1) is 4.90 Å². The van der Waals surface area contributed by atoms with E-state index in [0.29, 0.717) is 31.1 Å². The Hall–Kier alpha value is 0.290. The Labute approximate surface area is 198 Å². The standard InChI is InChI=1S/C16H13I3O6S2/c17-11-5-6-12(18)16(15(11)19)27(23,24)25-13-7-8-14(26(20,21)22)10-4-2-1-3-9(10)13/h5-8H,1-4H2,(H,20,21,22). The molecule has 2 aromatic rings. The van der Waals surface area contributed by atoms with E-state index >= 15 is 0 Å². The van der Waals surface area contributed by atoms with Crippen molar-refractivity contribution in [2.45, 2.75) is 35.5 Å². The lowest BCUT2D eigenvalue weighted by atomic mass is 9.91. The van der Waals surface area contributed by atoms with Gasteiger partial charge in [-0.05, 0) is 123 Å². The van der Waals surface area contributed by atoms with Crippen molar-refractivity contribution in [1.82, 2.24) is 0 Å². The Morgan fingerprint density at radius 3 is 2.07 bits per heavy atom. The summed E-state index contributed by atoms with van der Waals surface area (Å²) in [5, 5.41) is 0. The molecule has 3 rings (SSSR count). The molecule has 0 aromatic heterocycles. The quantitative estimate of drug-likeness (QED) is 0.216. The molecule has 0 bridgehead atoms. The molecular formula is C16H13I3O6S2. The summed E-state index contributed by atoms with van der Waals surface area (Å²) in [6.07, 6.45) is 2.49. The van der Waals surface area contributed by atoms with Gasteiger partial charge in [-0.15, -0.1) is 0 Å². The van der Waals surface area contributed by atoms with Crippen molar-refractivity contribution >= 4 is 88.0 Å². The summed E-state index contributed by atoms with van der Waals surface area (Å²) in [5.74, 6) is 0.113. The minimum Gasteiger partial charge on any atom is -0.379 e. The lowest BCUT2D eigenvalue weighted by Crippen LogP contribution is -2.17. The van der Waals surface area contributed by atoms with Crippen LogP contribution in [0.15, 0.2) is 34.1 Å². The molecule has 1 aliphatic rings. The monoisotopic (exact) mass is 746 g/mol. The Morgan fingerprint density at radius 2 is 1.44 bits per heavy atom. The lowest BCUT2D eigenvalue weighted by Gasteiger charge is -2.21. The van der Waals surface area contributed by atoms with E-state index in [1.54, 1.807) is 6.07 Å². The third kappa shape index (κ3) is 4.57. The SMILES string of the molecule is O=S(=O)(O)c1ccc(OS(=O)(=O)c2c(I)ccc(I)c2I)c2c1CCCC2. The molecule has 0 saturated carbocycles. The largest absolute Gasteiger partial charge is 0.379 e. The van der Waals surface area contributed by atoms with Crippen molar-refractivity contribution in [3.05, 3.63) is 46.1 Å². The molecule has 1 N–H and O–H groups in total. The van der Waals surface area contributed by atoms with E-state index < -0.39 is 20.2 Å². The van der Waals surface area contributed by atoms with Crippen molar-refractivity contribution in [2.24, 2.45) is 0 Å². The average Bonchev–Trinajstić information content (AvgIpc) is 2.57. The Kier molecular flexibility index (Phi) is 6.68. The van der Waals surface area contributed by atoms with Gasteiger partial charge in [0.15, 0.2) is 0 Å². The molecule has 0 radical (unpaired) electrons. The zero-order valence-corrected chi connectivity index (χ0v) is 21.7. The maximum Gasteiger partial charge on any atom is 0.341 e. The van der Waals surface area contributed by atoms with Crippen LogP contribution in [0.5, 0.6) is 5.75 Å². The fourth-order valence-corrected chi connectivity index (χ4v) is 8.59. The first-order chi connectivity index (χ1) is 12.5. The number of benzene rings is 2. The van der Waals surface area contributed by atoms with E-state index in [2.05, 4.69) is 22.6 Å². The van der Waals surface area contributed by atoms with Crippen LogP contribution in [0.25, 0.3) is 0 Å². The van der Waals surface area contributed by atoms with Crippen molar-refractivity contribution in [3.8, 4) is 5.75 Å². The fourth-order valence-electron chi connectivity index (χ4n) is 3.02. The second-order valence-electron chi connectivity index (χ2n) is 5.91. The van der Waals surface area contributed by atoms with Crippen molar-refractivity contribution < 1.29 is 25.6 Å². The first-order valence-corrected chi connectivity index (χ1v) is 13.8. The molecule has 11 heteroatoms. The third-order valence-corrected chi connectivity index (χ3v) is 11.1. The smallest absolute Gasteiger partial charge is 0.341 e.